The standard InChI is InChI=1S/C16H16N4O2S2.BrH/c1-3-13(22)20-16-17-9(2)14(24-16)12-8-23-15(19-12)18-10-4-6-11(21)7-5-10;/h4-8,21H,3H2,1-2H3,(H,18,19)(H,17,20,22);1H. The number of aromatic nitrogens is 2. The molecule has 6 nitrogen and oxygen atoms in total. The number of rotatable bonds is 5. The number of halogens is 1. The molecule has 0 spiro atoms. The Kier molecular flexibility index (Phi) is 6.51. The van der Waals surface area contributed by atoms with Crippen LogP contribution in [0.3, 0.4) is 0 Å². The van der Waals surface area contributed by atoms with Gasteiger partial charge in [-0.2, -0.15) is 0 Å². The molecule has 0 unspecified atom stereocenters. The molecule has 3 N–H and O–H groups in total. The molecule has 9 heteroatoms. The Balaban J connectivity index is 0.00000225. The van der Waals surface area contributed by atoms with E-state index in [0.717, 1.165) is 27.1 Å². The Hall–Kier alpha value is -1.97. The smallest absolute Gasteiger partial charge is 0.225 e. The highest BCUT2D eigenvalue weighted by molar-refractivity contribution is 8.93. The number of phenolic OH excluding ortho intramolecular Hbond substituents is 1. The van der Waals surface area contributed by atoms with Crippen molar-refractivity contribution in [3.8, 4) is 16.3 Å². The largest absolute Gasteiger partial charge is 0.508 e. The molecule has 132 valence electrons. The molecule has 2 heterocycles. The van der Waals surface area contributed by atoms with E-state index in [2.05, 4.69) is 20.6 Å². The fraction of sp³-hybridized carbons (Fsp3) is 0.188. The van der Waals surface area contributed by atoms with E-state index in [0.29, 0.717) is 11.6 Å². The molecule has 25 heavy (non-hydrogen) atoms. The number of anilines is 3. The highest BCUT2D eigenvalue weighted by Crippen LogP contribution is 2.35. The number of amides is 1. The molecule has 0 radical (unpaired) electrons. The zero-order valence-electron chi connectivity index (χ0n) is 13.6. The van der Waals surface area contributed by atoms with Crippen LogP contribution in [0, 0.1) is 6.92 Å². The van der Waals surface area contributed by atoms with Crippen LogP contribution < -0.4 is 10.6 Å². The lowest BCUT2D eigenvalue weighted by Gasteiger charge is -2.01. The minimum Gasteiger partial charge on any atom is -0.508 e. The van der Waals surface area contributed by atoms with Crippen molar-refractivity contribution < 1.29 is 9.90 Å². The van der Waals surface area contributed by atoms with Gasteiger partial charge in [-0.15, -0.1) is 28.3 Å². The van der Waals surface area contributed by atoms with Gasteiger partial charge in [-0.05, 0) is 31.2 Å². The van der Waals surface area contributed by atoms with Crippen molar-refractivity contribution >= 4 is 61.5 Å². The molecule has 0 bridgehead atoms. The third-order valence-corrected chi connectivity index (χ3v) is 5.07. The minimum absolute atomic E-state index is 0. The van der Waals surface area contributed by atoms with Gasteiger partial charge in [-0.3, -0.25) is 4.79 Å². The number of nitrogens with zero attached hydrogens (tertiary/aromatic N) is 2. The Morgan fingerprint density at radius 1 is 1.20 bits per heavy atom. The number of hydrogen-bond acceptors (Lipinski definition) is 7. The molecule has 0 saturated carbocycles. The monoisotopic (exact) mass is 440 g/mol. The molecule has 1 amide bonds. The van der Waals surface area contributed by atoms with E-state index in [1.54, 1.807) is 31.2 Å². The number of hydrogen-bond donors (Lipinski definition) is 3. The Labute approximate surface area is 163 Å². The molecule has 0 saturated heterocycles. The zero-order valence-corrected chi connectivity index (χ0v) is 16.9. The van der Waals surface area contributed by atoms with Gasteiger partial charge in [-0.1, -0.05) is 18.3 Å². The highest BCUT2D eigenvalue weighted by Gasteiger charge is 2.14. The fourth-order valence-electron chi connectivity index (χ4n) is 2.00. The van der Waals surface area contributed by atoms with Crippen molar-refractivity contribution in [3.05, 3.63) is 35.3 Å². The van der Waals surface area contributed by atoms with Gasteiger partial charge >= 0.3 is 0 Å². The third-order valence-electron chi connectivity index (χ3n) is 3.22. The SMILES string of the molecule is Br.CCC(=O)Nc1nc(C)c(-c2csc(Nc3ccc(O)cc3)n2)s1. The number of aromatic hydroxyl groups is 1. The first kappa shape index (κ1) is 19.4. The molecule has 0 atom stereocenters. The van der Waals surface area contributed by atoms with E-state index in [9.17, 15) is 9.90 Å². The highest BCUT2D eigenvalue weighted by atomic mass is 79.9. The van der Waals surface area contributed by atoms with Gasteiger partial charge in [-0.25, -0.2) is 9.97 Å². The van der Waals surface area contributed by atoms with Crippen LogP contribution in [-0.2, 0) is 4.79 Å². The molecule has 2 aromatic heterocycles. The zero-order chi connectivity index (χ0) is 17.1. The van der Waals surface area contributed by atoms with Crippen LogP contribution in [0.2, 0.25) is 0 Å². The molecular formula is C16H17BrN4O2S2. The quantitative estimate of drug-likeness (QED) is 0.488. The summed E-state index contributed by atoms with van der Waals surface area (Å²) in [5, 5.41) is 18.6. The summed E-state index contributed by atoms with van der Waals surface area (Å²) in [4.78, 5) is 21.4. The molecule has 0 aliphatic rings. The van der Waals surface area contributed by atoms with Crippen molar-refractivity contribution in [3.63, 3.8) is 0 Å². The number of carbonyl (C=O) groups is 1. The molecule has 0 aliphatic heterocycles. The molecule has 0 aliphatic carbocycles. The van der Waals surface area contributed by atoms with Gasteiger partial charge in [0, 0.05) is 17.5 Å². The lowest BCUT2D eigenvalue weighted by atomic mass is 10.3. The van der Waals surface area contributed by atoms with Crippen molar-refractivity contribution in [1.29, 1.82) is 0 Å². The van der Waals surface area contributed by atoms with Gasteiger partial charge < -0.3 is 15.7 Å². The lowest BCUT2D eigenvalue weighted by molar-refractivity contribution is -0.115. The number of nitrogens with one attached hydrogen (secondary N) is 2. The second-order valence-electron chi connectivity index (χ2n) is 5.05. The van der Waals surface area contributed by atoms with Gasteiger partial charge in [0.1, 0.15) is 5.75 Å². The predicted molar refractivity (Wildman–Crippen MR) is 109 cm³/mol. The van der Waals surface area contributed by atoms with Crippen LogP contribution in [0.5, 0.6) is 5.75 Å². The fourth-order valence-corrected chi connectivity index (χ4v) is 3.74. The van der Waals surface area contributed by atoms with E-state index >= 15 is 0 Å². The van der Waals surface area contributed by atoms with E-state index in [1.165, 1.54) is 22.7 Å². The van der Waals surface area contributed by atoms with Gasteiger partial charge in [0.25, 0.3) is 0 Å². The number of thiazole rings is 2. The maximum absolute atomic E-state index is 11.5. The summed E-state index contributed by atoms with van der Waals surface area (Å²) in [7, 11) is 0. The average Bonchev–Trinajstić information content (AvgIpc) is 3.16. The van der Waals surface area contributed by atoms with Crippen LogP contribution in [0.25, 0.3) is 10.6 Å². The Bertz CT molecular complexity index is 861. The van der Waals surface area contributed by atoms with Crippen LogP contribution in [-0.4, -0.2) is 21.0 Å². The Morgan fingerprint density at radius 2 is 1.92 bits per heavy atom. The summed E-state index contributed by atoms with van der Waals surface area (Å²) in [5.74, 6) is 0.172. The van der Waals surface area contributed by atoms with Crippen molar-refractivity contribution in [1.82, 2.24) is 9.97 Å². The molecule has 3 aromatic rings. The average molecular weight is 441 g/mol. The number of carbonyl (C=O) groups excluding carboxylic acids is 1. The molecule has 1 aromatic carbocycles. The topological polar surface area (TPSA) is 87.1 Å². The summed E-state index contributed by atoms with van der Waals surface area (Å²) in [6.45, 7) is 3.71. The molecule has 3 rings (SSSR count). The predicted octanol–water partition coefficient (Wildman–Crippen LogP) is 4.95. The summed E-state index contributed by atoms with van der Waals surface area (Å²) >= 11 is 2.90. The Morgan fingerprint density at radius 3 is 2.60 bits per heavy atom. The lowest BCUT2D eigenvalue weighted by Crippen LogP contribution is -2.08. The first-order valence-electron chi connectivity index (χ1n) is 7.34. The van der Waals surface area contributed by atoms with Gasteiger partial charge in [0.05, 0.1) is 16.3 Å². The van der Waals surface area contributed by atoms with E-state index < -0.39 is 0 Å². The number of aryl methyl sites for hydroxylation is 1. The second kappa shape index (κ2) is 8.41. The van der Waals surface area contributed by atoms with E-state index in [1.807, 2.05) is 12.3 Å². The first-order chi connectivity index (χ1) is 11.5. The summed E-state index contributed by atoms with van der Waals surface area (Å²) in [6.07, 6.45) is 0.422. The van der Waals surface area contributed by atoms with Crippen LogP contribution in [0.1, 0.15) is 19.0 Å². The second-order valence-corrected chi connectivity index (χ2v) is 6.90. The number of phenols is 1. The molecule has 0 fully saturated rings. The summed E-state index contributed by atoms with van der Waals surface area (Å²) < 4.78 is 0. The van der Waals surface area contributed by atoms with Crippen molar-refractivity contribution in [2.75, 3.05) is 10.6 Å². The van der Waals surface area contributed by atoms with Crippen molar-refractivity contribution in [2.45, 2.75) is 20.3 Å². The van der Waals surface area contributed by atoms with Crippen LogP contribution >= 0.6 is 39.7 Å². The first-order valence-corrected chi connectivity index (χ1v) is 9.04. The van der Waals surface area contributed by atoms with Crippen LogP contribution in [0.4, 0.5) is 16.0 Å². The maximum Gasteiger partial charge on any atom is 0.225 e. The maximum atomic E-state index is 11.5. The van der Waals surface area contributed by atoms with Gasteiger partial charge in [0.2, 0.25) is 5.91 Å². The van der Waals surface area contributed by atoms with Crippen molar-refractivity contribution in [2.24, 2.45) is 0 Å². The third kappa shape index (κ3) is 4.77. The minimum atomic E-state index is -0.0525. The van der Waals surface area contributed by atoms with Gasteiger partial charge in [0.15, 0.2) is 10.3 Å². The van der Waals surface area contributed by atoms with Crippen LogP contribution in [0.15, 0.2) is 29.6 Å². The normalized spacial score (nSPS) is 10.2. The van der Waals surface area contributed by atoms with E-state index in [4.69, 9.17) is 0 Å². The summed E-state index contributed by atoms with van der Waals surface area (Å²) in [5.41, 5.74) is 2.52. The number of benzene rings is 1. The van der Waals surface area contributed by atoms with E-state index in [-0.39, 0.29) is 28.6 Å². The summed E-state index contributed by atoms with van der Waals surface area (Å²) in [6, 6.07) is 6.80. The molecular weight excluding hydrogens is 424 g/mol.